The molecule has 3 aliphatic rings. The Morgan fingerprint density at radius 3 is 2.57 bits per heavy atom. The molecule has 1 aliphatic carbocycles. The predicted octanol–water partition coefficient (Wildman–Crippen LogP) is 3.57. The number of carbonyl (C=O) groups is 2. The summed E-state index contributed by atoms with van der Waals surface area (Å²) in [5.41, 5.74) is 1.27. The molecule has 5 heteroatoms. The Morgan fingerprint density at radius 2 is 1.87 bits per heavy atom. The molecule has 4 rings (SSSR count). The van der Waals surface area contributed by atoms with E-state index in [4.69, 9.17) is 4.74 Å². The van der Waals surface area contributed by atoms with E-state index in [1.54, 1.807) is 0 Å². The highest BCUT2D eigenvalue weighted by Gasteiger charge is 2.58. The Morgan fingerprint density at radius 1 is 1.13 bits per heavy atom. The van der Waals surface area contributed by atoms with Gasteiger partial charge in [0.1, 0.15) is 0 Å². The first-order valence-corrected chi connectivity index (χ1v) is 11.6. The summed E-state index contributed by atoms with van der Waals surface area (Å²) in [5.74, 6) is 0.747. The second-order valence-corrected chi connectivity index (χ2v) is 10.1. The highest BCUT2D eigenvalue weighted by atomic mass is 16.5. The number of rotatable bonds is 6. The lowest BCUT2D eigenvalue weighted by molar-refractivity contribution is -0.147. The number of carbonyl (C=O) groups excluding carboxylic acids is 2. The summed E-state index contributed by atoms with van der Waals surface area (Å²) in [4.78, 5) is 27.6. The molecule has 2 heterocycles. The average Bonchev–Trinajstić information content (AvgIpc) is 3.44. The number of nitrogens with one attached hydrogen (secondary N) is 1. The van der Waals surface area contributed by atoms with Gasteiger partial charge in [-0.3, -0.25) is 9.59 Å². The molecule has 1 spiro atoms. The van der Waals surface area contributed by atoms with E-state index in [0.29, 0.717) is 12.5 Å². The van der Waals surface area contributed by atoms with E-state index < -0.39 is 0 Å². The van der Waals surface area contributed by atoms with E-state index in [-0.39, 0.29) is 28.8 Å². The van der Waals surface area contributed by atoms with Crippen LogP contribution in [0.2, 0.25) is 0 Å². The maximum absolute atomic E-state index is 13.0. The minimum absolute atomic E-state index is 0.0886. The van der Waals surface area contributed by atoms with Crippen molar-refractivity contribution in [2.45, 2.75) is 64.4 Å². The summed E-state index contributed by atoms with van der Waals surface area (Å²) >= 11 is 0. The second-order valence-electron chi connectivity index (χ2n) is 10.1. The maximum Gasteiger partial charge on any atom is 0.225 e. The third-order valence-electron chi connectivity index (χ3n) is 7.41. The first-order chi connectivity index (χ1) is 14.4. The number of hydrogen-bond donors (Lipinski definition) is 1. The molecule has 1 aromatic rings. The van der Waals surface area contributed by atoms with E-state index in [0.717, 1.165) is 64.6 Å². The largest absolute Gasteiger partial charge is 0.376 e. The van der Waals surface area contributed by atoms with Crippen LogP contribution in [0, 0.1) is 17.3 Å². The van der Waals surface area contributed by atoms with Crippen LogP contribution in [0.1, 0.15) is 57.9 Å². The van der Waals surface area contributed by atoms with Gasteiger partial charge in [0, 0.05) is 38.1 Å². The van der Waals surface area contributed by atoms with Gasteiger partial charge in [-0.2, -0.15) is 0 Å². The number of benzene rings is 1. The minimum atomic E-state index is -0.199. The van der Waals surface area contributed by atoms with Gasteiger partial charge in [-0.25, -0.2) is 0 Å². The van der Waals surface area contributed by atoms with Gasteiger partial charge in [0.05, 0.1) is 5.60 Å². The van der Waals surface area contributed by atoms with Gasteiger partial charge >= 0.3 is 0 Å². The number of amides is 2. The summed E-state index contributed by atoms with van der Waals surface area (Å²) in [6.45, 7) is 7.16. The third-order valence-corrected chi connectivity index (χ3v) is 7.41. The molecule has 0 unspecified atom stereocenters. The molecule has 2 aliphatic heterocycles. The van der Waals surface area contributed by atoms with Gasteiger partial charge in [-0.15, -0.1) is 0 Å². The van der Waals surface area contributed by atoms with Crippen LogP contribution < -0.4 is 5.32 Å². The van der Waals surface area contributed by atoms with Crippen LogP contribution in [-0.2, 0) is 20.7 Å². The summed E-state index contributed by atoms with van der Waals surface area (Å²) < 4.78 is 5.77. The van der Waals surface area contributed by atoms with Crippen molar-refractivity contribution in [1.82, 2.24) is 10.2 Å². The summed E-state index contributed by atoms with van der Waals surface area (Å²) in [6, 6.07) is 10.4. The van der Waals surface area contributed by atoms with E-state index in [2.05, 4.69) is 43.4 Å². The lowest BCUT2D eigenvalue weighted by Crippen LogP contribution is -2.47. The number of aryl methyl sites for hydroxylation is 1. The van der Waals surface area contributed by atoms with E-state index >= 15 is 0 Å². The minimum Gasteiger partial charge on any atom is -0.376 e. The zero-order valence-electron chi connectivity index (χ0n) is 18.5. The molecule has 1 N–H and O–H groups in total. The van der Waals surface area contributed by atoms with Crippen molar-refractivity contribution < 1.29 is 14.3 Å². The Balaban J connectivity index is 1.18. The normalized spacial score (nSPS) is 26.9. The third kappa shape index (κ3) is 4.88. The number of hydrogen-bond acceptors (Lipinski definition) is 3. The van der Waals surface area contributed by atoms with Gasteiger partial charge in [-0.05, 0) is 69.8 Å². The first kappa shape index (κ1) is 21.4. The molecule has 164 valence electrons. The molecule has 1 saturated carbocycles. The molecule has 30 heavy (non-hydrogen) atoms. The van der Waals surface area contributed by atoms with Gasteiger partial charge in [-0.1, -0.05) is 30.3 Å². The molecule has 0 bridgehead atoms. The molecule has 2 saturated heterocycles. The van der Waals surface area contributed by atoms with Crippen molar-refractivity contribution in [3.63, 3.8) is 0 Å². The van der Waals surface area contributed by atoms with Crippen molar-refractivity contribution in [1.29, 1.82) is 0 Å². The summed E-state index contributed by atoms with van der Waals surface area (Å²) in [7, 11) is 0. The average molecular weight is 413 g/mol. The Bertz CT molecular complexity index is 753. The van der Waals surface area contributed by atoms with Crippen molar-refractivity contribution in [2.75, 3.05) is 26.2 Å². The summed E-state index contributed by atoms with van der Waals surface area (Å²) in [5, 5.41) is 3.15. The zero-order chi connectivity index (χ0) is 21.2. The maximum atomic E-state index is 13.0. The standard InChI is InChI=1S/C25H36N2O3/c1-24(2)17-20(10-16-30-24)23(29)27-14-11-25(12-15-27)18-21(25)22(28)26-13-6-9-19-7-4-3-5-8-19/h3-5,7-8,20-21H,6,9-18H2,1-2H3,(H,26,28)/t20-,21-/m0/s1. The molecule has 3 fully saturated rings. The fourth-order valence-corrected chi connectivity index (χ4v) is 5.42. The molecule has 5 nitrogen and oxygen atoms in total. The fourth-order valence-electron chi connectivity index (χ4n) is 5.42. The van der Waals surface area contributed by atoms with Crippen LogP contribution >= 0.6 is 0 Å². The molecule has 0 radical (unpaired) electrons. The SMILES string of the molecule is CC1(C)C[C@@H](C(=O)N2CCC3(CC2)C[C@H]3C(=O)NCCCc2ccccc2)CCO1. The fraction of sp³-hybridized carbons (Fsp3) is 0.680. The van der Waals surface area contributed by atoms with Crippen LogP contribution in [0.3, 0.4) is 0 Å². The number of ether oxygens (including phenoxy) is 1. The van der Waals surface area contributed by atoms with Crippen LogP contribution in [0.5, 0.6) is 0 Å². The van der Waals surface area contributed by atoms with Crippen LogP contribution in [0.25, 0.3) is 0 Å². The molecule has 0 aromatic heterocycles. The Hall–Kier alpha value is -1.88. The molecular formula is C25H36N2O3. The molecule has 2 amide bonds. The van der Waals surface area contributed by atoms with E-state index in [9.17, 15) is 9.59 Å². The quantitative estimate of drug-likeness (QED) is 0.727. The van der Waals surface area contributed by atoms with E-state index in [1.807, 2.05) is 11.0 Å². The molecule has 2 atom stereocenters. The highest BCUT2D eigenvalue weighted by Crippen LogP contribution is 2.59. The van der Waals surface area contributed by atoms with Gasteiger partial charge in [0.25, 0.3) is 0 Å². The molecule has 1 aromatic carbocycles. The smallest absolute Gasteiger partial charge is 0.225 e. The highest BCUT2D eigenvalue weighted by molar-refractivity contribution is 5.83. The van der Waals surface area contributed by atoms with Gasteiger partial charge in [0.15, 0.2) is 0 Å². The topological polar surface area (TPSA) is 58.6 Å². The number of piperidine rings is 1. The van der Waals surface area contributed by atoms with Crippen LogP contribution in [0.4, 0.5) is 0 Å². The van der Waals surface area contributed by atoms with E-state index in [1.165, 1.54) is 5.56 Å². The number of likely N-dealkylation sites (tertiary alicyclic amines) is 1. The lowest BCUT2D eigenvalue weighted by atomic mass is 9.85. The van der Waals surface area contributed by atoms with Crippen molar-refractivity contribution in [3.05, 3.63) is 35.9 Å². The zero-order valence-corrected chi connectivity index (χ0v) is 18.5. The second kappa shape index (κ2) is 8.70. The Kier molecular flexibility index (Phi) is 6.19. The van der Waals surface area contributed by atoms with Crippen molar-refractivity contribution >= 4 is 11.8 Å². The number of nitrogens with zero attached hydrogens (tertiary/aromatic N) is 1. The van der Waals surface area contributed by atoms with Crippen LogP contribution in [-0.4, -0.2) is 48.6 Å². The summed E-state index contributed by atoms with van der Waals surface area (Å²) in [6.07, 6.45) is 6.53. The Labute approximate surface area is 180 Å². The lowest BCUT2D eigenvalue weighted by Gasteiger charge is -2.39. The van der Waals surface area contributed by atoms with Crippen molar-refractivity contribution in [3.8, 4) is 0 Å². The van der Waals surface area contributed by atoms with Gasteiger partial charge < -0.3 is 15.0 Å². The predicted molar refractivity (Wildman–Crippen MR) is 117 cm³/mol. The van der Waals surface area contributed by atoms with Crippen molar-refractivity contribution in [2.24, 2.45) is 17.3 Å². The van der Waals surface area contributed by atoms with Gasteiger partial charge in [0.2, 0.25) is 11.8 Å². The molecular weight excluding hydrogens is 376 g/mol. The first-order valence-electron chi connectivity index (χ1n) is 11.6. The monoisotopic (exact) mass is 412 g/mol. The van der Waals surface area contributed by atoms with Crippen LogP contribution in [0.15, 0.2) is 30.3 Å².